The third-order valence-electron chi connectivity index (χ3n) is 2.70. The number of halogens is 1. The molecule has 0 radical (unpaired) electrons. The standard InChI is InChI=1S/C15H14ClNO3S/c16-11-2-1-3-12(7-11)21-9-15(20)17-8-10-4-5-13(18)14(19)6-10/h1-7,18-19H,8-9H2,(H,17,20). The summed E-state index contributed by atoms with van der Waals surface area (Å²) in [4.78, 5) is 12.7. The van der Waals surface area contributed by atoms with Gasteiger partial charge in [0.15, 0.2) is 11.5 Å². The molecule has 1 amide bonds. The maximum absolute atomic E-state index is 11.7. The third-order valence-corrected chi connectivity index (χ3v) is 3.92. The van der Waals surface area contributed by atoms with Gasteiger partial charge in [-0.1, -0.05) is 23.7 Å². The number of hydrogen-bond donors (Lipinski definition) is 3. The van der Waals surface area contributed by atoms with Gasteiger partial charge in [0.1, 0.15) is 0 Å². The van der Waals surface area contributed by atoms with Gasteiger partial charge in [-0.3, -0.25) is 4.79 Å². The molecule has 0 spiro atoms. The number of phenolic OH excluding ortho intramolecular Hbond substituents is 2. The van der Waals surface area contributed by atoms with E-state index in [1.807, 2.05) is 12.1 Å². The summed E-state index contributed by atoms with van der Waals surface area (Å²) >= 11 is 7.27. The Labute approximate surface area is 131 Å². The molecule has 0 unspecified atom stereocenters. The molecule has 0 saturated carbocycles. The van der Waals surface area contributed by atoms with E-state index in [0.717, 1.165) is 4.90 Å². The average molecular weight is 324 g/mol. The zero-order chi connectivity index (χ0) is 15.2. The van der Waals surface area contributed by atoms with E-state index in [1.165, 1.54) is 23.9 Å². The second kappa shape index (κ2) is 7.24. The van der Waals surface area contributed by atoms with Gasteiger partial charge >= 0.3 is 0 Å². The van der Waals surface area contributed by atoms with Gasteiger partial charge in [0, 0.05) is 16.5 Å². The molecule has 6 heteroatoms. The molecule has 0 atom stereocenters. The molecule has 0 aliphatic rings. The molecular weight excluding hydrogens is 310 g/mol. The Balaban J connectivity index is 1.80. The van der Waals surface area contributed by atoms with Crippen LogP contribution in [-0.4, -0.2) is 21.9 Å². The highest BCUT2D eigenvalue weighted by Crippen LogP contribution is 2.25. The van der Waals surface area contributed by atoms with Crippen LogP contribution in [0.3, 0.4) is 0 Å². The van der Waals surface area contributed by atoms with Crippen LogP contribution in [-0.2, 0) is 11.3 Å². The van der Waals surface area contributed by atoms with Crippen LogP contribution in [0, 0.1) is 0 Å². The summed E-state index contributed by atoms with van der Waals surface area (Å²) in [6.45, 7) is 0.294. The Kier molecular flexibility index (Phi) is 5.36. The number of carbonyl (C=O) groups is 1. The van der Waals surface area contributed by atoms with Gasteiger partial charge in [0.2, 0.25) is 5.91 Å². The summed E-state index contributed by atoms with van der Waals surface area (Å²) in [5, 5.41) is 22.0. The Morgan fingerprint density at radius 3 is 2.67 bits per heavy atom. The summed E-state index contributed by atoms with van der Waals surface area (Å²) in [6, 6.07) is 11.8. The average Bonchev–Trinajstić information content (AvgIpc) is 2.46. The molecule has 2 rings (SSSR count). The lowest BCUT2D eigenvalue weighted by molar-refractivity contribution is -0.118. The third kappa shape index (κ3) is 4.88. The number of amides is 1. The molecule has 110 valence electrons. The van der Waals surface area contributed by atoms with Crippen molar-refractivity contribution >= 4 is 29.3 Å². The Morgan fingerprint density at radius 2 is 1.95 bits per heavy atom. The smallest absolute Gasteiger partial charge is 0.230 e. The van der Waals surface area contributed by atoms with E-state index in [9.17, 15) is 15.0 Å². The second-order valence-electron chi connectivity index (χ2n) is 4.35. The number of phenols is 2. The highest BCUT2D eigenvalue weighted by atomic mass is 35.5. The molecule has 21 heavy (non-hydrogen) atoms. The SMILES string of the molecule is O=C(CSc1cccc(Cl)c1)NCc1ccc(O)c(O)c1. The first-order valence-electron chi connectivity index (χ1n) is 6.20. The quantitative estimate of drug-likeness (QED) is 0.584. The fourth-order valence-electron chi connectivity index (χ4n) is 1.64. The molecule has 0 heterocycles. The summed E-state index contributed by atoms with van der Waals surface area (Å²) < 4.78 is 0. The largest absolute Gasteiger partial charge is 0.504 e. The molecule has 0 bridgehead atoms. The Bertz CT molecular complexity index is 649. The van der Waals surface area contributed by atoms with Crippen LogP contribution in [0.4, 0.5) is 0 Å². The molecule has 3 N–H and O–H groups in total. The minimum Gasteiger partial charge on any atom is -0.504 e. The van der Waals surface area contributed by atoms with Crippen molar-refractivity contribution in [2.45, 2.75) is 11.4 Å². The molecule has 0 fully saturated rings. The molecule has 0 aromatic heterocycles. The van der Waals surface area contributed by atoms with Gasteiger partial charge in [-0.2, -0.15) is 0 Å². The molecular formula is C15H14ClNO3S. The molecule has 4 nitrogen and oxygen atoms in total. The van der Waals surface area contributed by atoms with Crippen molar-refractivity contribution in [1.29, 1.82) is 0 Å². The van der Waals surface area contributed by atoms with Crippen LogP contribution in [0.1, 0.15) is 5.56 Å². The van der Waals surface area contributed by atoms with Crippen molar-refractivity contribution in [3.05, 3.63) is 53.1 Å². The van der Waals surface area contributed by atoms with Crippen molar-refractivity contribution in [3.8, 4) is 11.5 Å². The molecule has 2 aromatic carbocycles. The fourth-order valence-corrected chi connectivity index (χ4v) is 2.68. The van der Waals surface area contributed by atoms with E-state index in [2.05, 4.69) is 5.32 Å². The van der Waals surface area contributed by atoms with Crippen molar-refractivity contribution in [3.63, 3.8) is 0 Å². The van der Waals surface area contributed by atoms with Crippen LogP contribution in [0.25, 0.3) is 0 Å². The number of rotatable bonds is 5. The van der Waals surface area contributed by atoms with Gasteiger partial charge < -0.3 is 15.5 Å². The van der Waals surface area contributed by atoms with Crippen LogP contribution < -0.4 is 5.32 Å². The Morgan fingerprint density at radius 1 is 1.14 bits per heavy atom. The number of benzene rings is 2. The number of carbonyl (C=O) groups excluding carboxylic acids is 1. The van der Waals surface area contributed by atoms with Gasteiger partial charge in [-0.05, 0) is 35.9 Å². The van der Waals surface area contributed by atoms with E-state index in [0.29, 0.717) is 17.1 Å². The van der Waals surface area contributed by atoms with Crippen LogP contribution in [0.5, 0.6) is 11.5 Å². The minimum atomic E-state index is -0.199. The van der Waals surface area contributed by atoms with Crippen LogP contribution >= 0.6 is 23.4 Å². The van der Waals surface area contributed by atoms with E-state index in [-0.39, 0.29) is 23.2 Å². The van der Waals surface area contributed by atoms with Gasteiger partial charge in [0.25, 0.3) is 0 Å². The van der Waals surface area contributed by atoms with Crippen molar-refractivity contribution in [2.75, 3.05) is 5.75 Å². The van der Waals surface area contributed by atoms with Crippen molar-refractivity contribution < 1.29 is 15.0 Å². The monoisotopic (exact) mass is 323 g/mol. The highest BCUT2D eigenvalue weighted by Gasteiger charge is 2.05. The Hall–Kier alpha value is -1.85. The normalized spacial score (nSPS) is 10.3. The molecule has 0 aliphatic carbocycles. The first-order chi connectivity index (χ1) is 10.0. The predicted molar refractivity (Wildman–Crippen MR) is 83.8 cm³/mol. The lowest BCUT2D eigenvalue weighted by Gasteiger charge is -2.06. The zero-order valence-corrected chi connectivity index (χ0v) is 12.6. The van der Waals surface area contributed by atoms with E-state index < -0.39 is 0 Å². The van der Waals surface area contributed by atoms with E-state index in [4.69, 9.17) is 11.6 Å². The molecule has 0 aliphatic heterocycles. The number of hydrogen-bond acceptors (Lipinski definition) is 4. The number of nitrogens with one attached hydrogen (secondary N) is 1. The summed E-state index contributed by atoms with van der Waals surface area (Å²) in [6.07, 6.45) is 0. The zero-order valence-electron chi connectivity index (χ0n) is 11.0. The first kappa shape index (κ1) is 15.5. The van der Waals surface area contributed by atoms with Crippen LogP contribution in [0.2, 0.25) is 5.02 Å². The number of aromatic hydroxyl groups is 2. The summed E-state index contributed by atoms with van der Waals surface area (Å²) in [7, 11) is 0. The maximum Gasteiger partial charge on any atom is 0.230 e. The first-order valence-corrected chi connectivity index (χ1v) is 7.57. The molecule has 0 saturated heterocycles. The topological polar surface area (TPSA) is 69.6 Å². The highest BCUT2D eigenvalue weighted by molar-refractivity contribution is 8.00. The summed E-state index contributed by atoms with van der Waals surface area (Å²) in [5.74, 6) is -0.214. The summed E-state index contributed by atoms with van der Waals surface area (Å²) in [5.41, 5.74) is 0.714. The van der Waals surface area contributed by atoms with Crippen molar-refractivity contribution in [1.82, 2.24) is 5.32 Å². The van der Waals surface area contributed by atoms with Crippen molar-refractivity contribution in [2.24, 2.45) is 0 Å². The van der Waals surface area contributed by atoms with E-state index in [1.54, 1.807) is 18.2 Å². The van der Waals surface area contributed by atoms with Crippen LogP contribution in [0.15, 0.2) is 47.4 Å². The fraction of sp³-hybridized carbons (Fsp3) is 0.133. The predicted octanol–water partition coefficient (Wildman–Crippen LogP) is 3.16. The van der Waals surface area contributed by atoms with Gasteiger partial charge in [-0.15, -0.1) is 11.8 Å². The maximum atomic E-state index is 11.7. The van der Waals surface area contributed by atoms with E-state index >= 15 is 0 Å². The van der Waals surface area contributed by atoms with Gasteiger partial charge in [-0.25, -0.2) is 0 Å². The number of thioether (sulfide) groups is 1. The minimum absolute atomic E-state index is 0.118. The van der Waals surface area contributed by atoms with Gasteiger partial charge in [0.05, 0.1) is 5.75 Å². The lowest BCUT2D eigenvalue weighted by atomic mass is 10.2. The second-order valence-corrected chi connectivity index (χ2v) is 5.83. The molecule has 2 aromatic rings. The lowest BCUT2D eigenvalue weighted by Crippen LogP contribution is -2.24.